The molecule has 1 unspecified atom stereocenters. The number of thioether (sulfide) groups is 1. The van der Waals surface area contributed by atoms with Crippen LogP contribution >= 0.6 is 11.8 Å². The van der Waals surface area contributed by atoms with Crippen LogP contribution in [0.1, 0.15) is 66.8 Å². The van der Waals surface area contributed by atoms with Gasteiger partial charge in [-0.2, -0.15) is 5.10 Å². The fraction of sp³-hybridized carbons (Fsp3) is 0.433. The molecule has 200 valence electrons. The van der Waals surface area contributed by atoms with E-state index in [1.165, 1.54) is 23.9 Å². The maximum atomic E-state index is 14.4. The van der Waals surface area contributed by atoms with Crippen LogP contribution in [0, 0.1) is 19.7 Å². The first-order valence-corrected chi connectivity index (χ1v) is 14.3. The number of rotatable bonds is 4. The SMILES string of the molecule is Cc1ccc(-n2nc(C(C)(C)C)c3c2N(CC(=O)N2CCCC2)C(=O)CSC3c2cccc(F)c2)c(C)c1. The molecule has 0 spiro atoms. The van der Waals surface area contributed by atoms with Gasteiger partial charge >= 0.3 is 0 Å². The predicted molar refractivity (Wildman–Crippen MR) is 151 cm³/mol. The lowest BCUT2D eigenvalue weighted by Crippen LogP contribution is -2.43. The lowest BCUT2D eigenvalue weighted by atomic mass is 9.87. The number of aryl methyl sites for hydroxylation is 2. The summed E-state index contributed by atoms with van der Waals surface area (Å²) in [7, 11) is 0. The summed E-state index contributed by atoms with van der Waals surface area (Å²) in [6.45, 7) is 11.8. The van der Waals surface area contributed by atoms with Crippen LogP contribution in [0.25, 0.3) is 5.69 Å². The standard InChI is InChI=1S/C30H35FN4O2S/c1-19-11-12-23(20(2)15-19)35-29-26(28(32-35)30(3,4)5)27(21-9-8-10-22(31)16-21)38-18-25(37)34(29)17-24(36)33-13-6-7-14-33/h8-12,15-16,27H,6-7,13-14,17-18H2,1-5H3. The fourth-order valence-corrected chi connectivity index (χ4v) is 6.61. The smallest absolute Gasteiger partial charge is 0.242 e. The van der Waals surface area contributed by atoms with Gasteiger partial charge < -0.3 is 4.90 Å². The number of carbonyl (C=O) groups excluding carboxylic acids is 2. The molecule has 2 aromatic carbocycles. The molecule has 3 heterocycles. The molecule has 8 heteroatoms. The van der Waals surface area contributed by atoms with Gasteiger partial charge in [0.2, 0.25) is 11.8 Å². The van der Waals surface area contributed by atoms with Gasteiger partial charge in [0.15, 0.2) is 0 Å². The third kappa shape index (κ3) is 4.98. The zero-order valence-electron chi connectivity index (χ0n) is 22.8. The van der Waals surface area contributed by atoms with Crippen molar-refractivity contribution in [3.8, 4) is 5.69 Å². The molecule has 38 heavy (non-hydrogen) atoms. The van der Waals surface area contributed by atoms with Crippen LogP contribution in [0.4, 0.5) is 10.2 Å². The third-order valence-corrected chi connectivity index (χ3v) is 8.54. The minimum absolute atomic E-state index is 0.0392. The van der Waals surface area contributed by atoms with E-state index >= 15 is 0 Å². The number of aromatic nitrogens is 2. The van der Waals surface area contributed by atoms with E-state index in [9.17, 15) is 14.0 Å². The molecule has 1 atom stereocenters. The normalized spacial score (nSPS) is 18.1. The first-order chi connectivity index (χ1) is 18.0. The average molecular weight is 535 g/mol. The number of anilines is 1. The summed E-state index contributed by atoms with van der Waals surface area (Å²) >= 11 is 1.47. The number of amides is 2. The monoisotopic (exact) mass is 534 g/mol. The summed E-state index contributed by atoms with van der Waals surface area (Å²) in [6.07, 6.45) is 1.97. The maximum Gasteiger partial charge on any atom is 0.242 e. The van der Waals surface area contributed by atoms with E-state index < -0.39 is 0 Å². The van der Waals surface area contributed by atoms with E-state index in [2.05, 4.69) is 26.8 Å². The van der Waals surface area contributed by atoms with Gasteiger partial charge in [0, 0.05) is 24.1 Å². The highest BCUT2D eigenvalue weighted by atomic mass is 32.2. The molecule has 1 aromatic heterocycles. The number of halogens is 1. The predicted octanol–water partition coefficient (Wildman–Crippen LogP) is 5.72. The summed E-state index contributed by atoms with van der Waals surface area (Å²) < 4.78 is 16.3. The van der Waals surface area contributed by atoms with Crippen LogP contribution in [0.5, 0.6) is 0 Å². The largest absolute Gasteiger partial charge is 0.341 e. The second-order valence-corrected chi connectivity index (χ2v) is 12.4. The van der Waals surface area contributed by atoms with Crippen LogP contribution in [0.2, 0.25) is 0 Å². The highest BCUT2D eigenvalue weighted by Crippen LogP contribution is 2.48. The molecule has 6 nitrogen and oxygen atoms in total. The van der Waals surface area contributed by atoms with Gasteiger partial charge in [-0.25, -0.2) is 9.07 Å². The topological polar surface area (TPSA) is 58.4 Å². The van der Waals surface area contributed by atoms with Gasteiger partial charge in [-0.15, -0.1) is 11.8 Å². The van der Waals surface area contributed by atoms with E-state index in [-0.39, 0.29) is 40.6 Å². The van der Waals surface area contributed by atoms with Gasteiger partial charge in [0.25, 0.3) is 0 Å². The van der Waals surface area contributed by atoms with Crippen molar-refractivity contribution in [1.82, 2.24) is 14.7 Å². The van der Waals surface area contributed by atoms with E-state index in [0.29, 0.717) is 5.82 Å². The second-order valence-electron chi connectivity index (χ2n) is 11.4. The van der Waals surface area contributed by atoms with Crippen LogP contribution in [-0.4, -0.2) is 51.9 Å². The molecule has 0 saturated carbocycles. The molecule has 3 aromatic rings. The van der Waals surface area contributed by atoms with Gasteiger partial charge in [-0.3, -0.25) is 14.5 Å². The zero-order chi connectivity index (χ0) is 27.2. The van der Waals surface area contributed by atoms with E-state index in [0.717, 1.165) is 59.6 Å². The van der Waals surface area contributed by atoms with Crippen LogP contribution in [0.3, 0.4) is 0 Å². The third-order valence-electron chi connectivity index (χ3n) is 7.28. The number of carbonyl (C=O) groups is 2. The average Bonchev–Trinajstić information content (AvgIpc) is 3.49. The Labute approximate surface area is 228 Å². The number of hydrogen-bond donors (Lipinski definition) is 0. The molecule has 0 aliphatic carbocycles. The van der Waals surface area contributed by atoms with Crippen molar-refractivity contribution in [2.75, 3.05) is 30.3 Å². The minimum atomic E-state index is -0.363. The van der Waals surface area contributed by atoms with Crippen molar-refractivity contribution in [2.24, 2.45) is 0 Å². The van der Waals surface area contributed by atoms with Gasteiger partial charge in [0.05, 0.1) is 22.4 Å². The highest BCUT2D eigenvalue weighted by molar-refractivity contribution is 8.00. The summed E-state index contributed by atoms with van der Waals surface area (Å²) in [6, 6.07) is 12.7. The molecular formula is C30H35FN4O2S. The number of nitrogens with zero attached hydrogens (tertiary/aromatic N) is 4. The number of hydrogen-bond acceptors (Lipinski definition) is 4. The molecular weight excluding hydrogens is 499 g/mol. The summed E-state index contributed by atoms with van der Waals surface area (Å²) in [4.78, 5) is 30.6. The summed E-state index contributed by atoms with van der Waals surface area (Å²) in [5.74, 6) is 0.273. The Kier molecular flexibility index (Phi) is 7.11. The number of benzene rings is 2. The molecule has 2 aliphatic heterocycles. The van der Waals surface area contributed by atoms with Crippen molar-refractivity contribution in [2.45, 2.75) is 58.1 Å². The van der Waals surface area contributed by atoms with Crippen molar-refractivity contribution in [3.05, 3.63) is 76.2 Å². The Hall–Kier alpha value is -3.13. The van der Waals surface area contributed by atoms with Crippen molar-refractivity contribution >= 4 is 29.4 Å². The fourth-order valence-electron chi connectivity index (χ4n) is 5.42. The Morgan fingerprint density at radius 1 is 1.11 bits per heavy atom. The highest BCUT2D eigenvalue weighted by Gasteiger charge is 2.40. The zero-order valence-corrected chi connectivity index (χ0v) is 23.6. The summed E-state index contributed by atoms with van der Waals surface area (Å²) in [5, 5.41) is 4.83. The van der Waals surface area contributed by atoms with E-state index in [4.69, 9.17) is 5.10 Å². The summed E-state index contributed by atoms with van der Waals surface area (Å²) in [5.41, 5.74) is 5.13. The molecule has 2 aliphatic rings. The molecule has 1 fully saturated rings. The van der Waals surface area contributed by atoms with Gasteiger partial charge in [0.1, 0.15) is 18.2 Å². The van der Waals surface area contributed by atoms with Gasteiger partial charge in [-0.05, 0) is 56.0 Å². The maximum absolute atomic E-state index is 14.4. The number of likely N-dealkylation sites (tertiary alicyclic amines) is 1. The van der Waals surface area contributed by atoms with Crippen molar-refractivity contribution in [3.63, 3.8) is 0 Å². The van der Waals surface area contributed by atoms with Crippen LogP contribution < -0.4 is 4.90 Å². The number of fused-ring (bicyclic) bond motifs is 1. The lowest BCUT2D eigenvalue weighted by molar-refractivity contribution is -0.130. The molecule has 0 bridgehead atoms. The second kappa shape index (κ2) is 10.2. The van der Waals surface area contributed by atoms with Crippen molar-refractivity contribution < 1.29 is 14.0 Å². The Morgan fingerprint density at radius 2 is 1.84 bits per heavy atom. The Bertz CT molecular complexity index is 1390. The molecule has 0 radical (unpaired) electrons. The first kappa shape index (κ1) is 26.5. The minimum Gasteiger partial charge on any atom is -0.341 e. The molecule has 1 saturated heterocycles. The first-order valence-electron chi connectivity index (χ1n) is 13.2. The quantitative estimate of drug-likeness (QED) is 0.430. The lowest BCUT2D eigenvalue weighted by Gasteiger charge is -2.26. The van der Waals surface area contributed by atoms with Crippen LogP contribution in [0.15, 0.2) is 42.5 Å². The van der Waals surface area contributed by atoms with Gasteiger partial charge in [-0.1, -0.05) is 50.6 Å². The van der Waals surface area contributed by atoms with E-state index in [1.54, 1.807) is 11.0 Å². The molecule has 5 rings (SSSR count). The van der Waals surface area contributed by atoms with Crippen molar-refractivity contribution in [1.29, 1.82) is 0 Å². The van der Waals surface area contributed by atoms with Crippen LogP contribution in [-0.2, 0) is 15.0 Å². The molecule has 0 N–H and O–H groups in total. The Morgan fingerprint density at radius 3 is 2.50 bits per heavy atom. The van der Waals surface area contributed by atoms with E-state index in [1.807, 2.05) is 41.6 Å². The molecule has 2 amide bonds. The Balaban J connectivity index is 1.78.